The molecule has 1 N–H and O–H groups in total. The van der Waals surface area contributed by atoms with Gasteiger partial charge in [-0.1, -0.05) is 30.3 Å². The van der Waals surface area contributed by atoms with Crippen molar-refractivity contribution in [2.75, 3.05) is 13.1 Å². The third-order valence-electron chi connectivity index (χ3n) is 6.07. The zero-order valence-electron chi connectivity index (χ0n) is 19.9. The van der Waals surface area contributed by atoms with Crippen LogP contribution in [0.3, 0.4) is 0 Å². The highest BCUT2D eigenvalue weighted by Crippen LogP contribution is 2.30. The van der Waals surface area contributed by atoms with E-state index in [0.29, 0.717) is 25.6 Å². The Hall–Kier alpha value is -3.68. The minimum Gasteiger partial charge on any atom is -0.444 e. The summed E-state index contributed by atoms with van der Waals surface area (Å²) in [5, 5.41) is 4.49. The van der Waals surface area contributed by atoms with Gasteiger partial charge in [-0.25, -0.2) is 14.8 Å². The number of nitrogens with zero attached hydrogens (tertiary/aromatic N) is 5. The molecular formula is C26H30N6O2. The number of piperidine rings is 1. The van der Waals surface area contributed by atoms with Gasteiger partial charge in [-0.2, -0.15) is 5.10 Å². The lowest BCUT2D eigenvalue weighted by atomic mass is 9.90. The van der Waals surface area contributed by atoms with Gasteiger partial charge in [-0.15, -0.1) is 0 Å². The SMILES string of the molecule is CC(C)(C)OC(=O)N1CCC(c2cnc3[nH]c(-c4cnn(Cc5ccccc5)c4)nc3c2)CC1. The lowest BCUT2D eigenvalue weighted by molar-refractivity contribution is 0.0205. The smallest absolute Gasteiger partial charge is 0.410 e. The van der Waals surface area contributed by atoms with Gasteiger partial charge in [0, 0.05) is 25.5 Å². The van der Waals surface area contributed by atoms with Crippen LogP contribution in [0.1, 0.15) is 50.7 Å². The van der Waals surface area contributed by atoms with Crippen LogP contribution in [0.5, 0.6) is 0 Å². The van der Waals surface area contributed by atoms with Crippen molar-refractivity contribution in [1.29, 1.82) is 0 Å². The first-order chi connectivity index (χ1) is 16.3. The van der Waals surface area contributed by atoms with Crippen LogP contribution < -0.4 is 0 Å². The van der Waals surface area contributed by atoms with Crippen molar-refractivity contribution in [2.24, 2.45) is 0 Å². The van der Waals surface area contributed by atoms with Crippen LogP contribution in [0, 0.1) is 0 Å². The molecule has 1 aliphatic heterocycles. The average molecular weight is 459 g/mol. The lowest BCUT2D eigenvalue weighted by Gasteiger charge is -2.33. The third kappa shape index (κ3) is 4.95. The second-order valence-electron chi connectivity index (χ2n) is 9.88. The first-order valence-corrected chi connectivity index (χ1v) is 11.7. The van der Waals surface area contributed by atoms with Crippen molar-refractivity contribution in [3.05, 3.63) is 66.1 Å². The Morgan fingerprint density at radius 2 is 1.91 bits per heavy atom. The zero-order chi connectivity index (χ0) is 23.7. The number of benzene rings is 1. The fourth-order valence-electron chi connectivity index (χ4n) is 4.34. The number of likely N-dealkylation sites (tertiary alicyclic amines) is 1. The van der Waals surface area contributed by atoms with E-state index < -0.39 is 5.60 Å². The van der Waals surface area contributed by atoms with Crippen LogP contribution >= 0.6 is 0 Å². The summed E-state index contributed by atoms with van der Waals surface area (Å²) in [4.78, 5) is 26.9. The van der Waals surface area contributed by atoms with Gasteiger partial charge in [0.05, 0.1) is 18.3 Å². The number of amides is 1. The first-order valence-electron chi connectivity index (χ1n) is 11.7. The summed E-state index contributed by atoms with van der Waals surface area (Å²) in [7, 11) is 0. The van der Waals surface area contributed by atoms with E-state index in [2.05, 4.69) is 33.3 Å². The average Bonchev–Trinajstić information content (AvgIpc) is 3.45. The molecule has 5 rings (SSSR count). The van der Waals surface area contributed by atoms with Crippen molar-refractivity contribution in [2.45, 2.75) is 51.7 Å². The molecule has 0 radical (unpaired) electrons. The maximum Gasteiger partial charge on any atom is 0.410 e. The third-order valence-corrected chi connectivity index (χ3v) is 6.07. The number of carbonyl (C=O) groups excluding carboxylic acids is 1. The Morgan fingerprint density at radius 3 is 2.65 bits per heavy atom. The van der Waals surface area contributed by atoms with E-state index in [4.69, 9.17) is 9.72 Å². The Kier molecular flexibility index (Phi) is 5.81. The van der Waals surface area contributed by atoms with Gasteiger partial charge >= 0.3 is 6.09 Å². The number of fused-ring (bicyclic) bond motifs is 1. The fourth-order valence-corrected chi connectivity index (χ4v) is 4.34. The molecule has 0 saturated carbocycles. The molecule has 8 nitrogen and oxygen atoms in total. The number of aromatic nitrogens is 5. The largest absolute Gasteiger partial charge is 0.444 e. The van der Waals surface area contributed by atoms with Crippen molar-refractivity contribution in [3.8, 4) is 11.4 Å². The summed E-state index contributed by atoms with van der Waals surface area (Å²) < 4.78 is 7.42. The fraction of sp³-hybridized carbons (Fsp3) is 0.385. The monoisotopic (exact) mass is 458 g/mol. The standard InChI is InChI=1S/C26H30N6O2/c1-26(2,3)34-25(33)31-11-9-19(10-12-31)20-13-22-24(27-14-20)30-23(29-22)21-15-28-32(17-21)16-18-7-5-4-6-8-18/h4-8,13-15,17,19H,9-12,16H2,1-3H3,(H,27,29,30). The molecule has 0 aliphatic carbocycles. The van der Waals surface area contributed by atoms with Gasteiger partial charge in [-0.3, -0.25) is 4.68 Å². The molecule has 8 heteroatoms. The summed E-state index contributed by atoms with van der Waals surface area (Å²) in [6, 6.07) is 12.4. The normalized spacial score (nSPS) is 15.1. The molecule has 1 aromatic carbocycles. The number of ether oxygens (including phenoxy) is 1. The predicted octanol–water partition coefficient (Wildman–Crippen LogP) is 4.98. The number of hydrogen-bond donors (Lipinski definition) is 1. The molecule has 1 fully saturated rings. The predicted molar refractivity (Wildman–Crippen MR) is 130 cm³/mol. The van der Waals surface area contributed by atoms with Crippen LogP contribution in [-0.4, -0.2) is 54.4 Å². The number of rotatable bonds is 4. The van der Waals surface area contributed by atoms with E-state index in [-0.39, 0.29) is 6.09 Å². The molecule has 34 heavy (non-hydrogen) atoms. The molecule has 0 spiro atoms. The lowest BCUT2D eigenvalue weighted by Crippen LogP contribution is -2.41. The van der Waals surface area contributed by atoms with Crippen LogP contribution in [0.25, 0.3) is 22.6 Å². The quantitative estimate of drug-likeness (QED) is 0.466. The van der Waals surface area contributed by atoms with E-state index in [1.165, 1.54) is 5.56 Å². The van der Waals surface area contributed by atoms with E-state index in [9.17, 15) is 4.79 Å². The van der Waals surface area contributed by atoms with Crippen LogP contribution in [0.4, 0.5) is 4.79 Å². The number of imidazole rings is 1. The molecule has 1 amide bonds. The molecule has 3 aromatic heterocycles. The van der Waals surface area contributed by atoms with Gasteiger partial charge in [-0.05, 0) is 56.7 Å². The molecule has 0 atom stereocenters. The Balaban J connectivity index is 1.26. The second-order valence-corrected chi connectivity index (χ2v) is 9.88. The van der Waals surface area contributed by atoms with E-state index in [1.54, 1.807) is 4.90 Å². The summed E-state index contributed by atoms with van der Waals surface area (Å²) >= 11 is 0. The van der Waals surface area contributed by atoms with Crippen LogP contribution in [-0.2, 0) is 11.3 Å². The Bertz CT molecular complexity index is 1280. The van der Waals surface area contributed by atoms with Crippen molar-refractivity contribution in [3.63, 3.8) is 0 Å². The second kappa shape index (κ2) is 8.93. The molecular weight excluding hydrogens is 428 g/mol. The highest BCUT2D eigenvalue weighted by Gasteiger charge is 2.28. The zero-order valence-corrected chi connectivity index (χ0v) is 19.9. The number of carbonyl (C=O) groups is 1. The van der Waals surface area contributed by atoms with Gasteiger partial charge in [0.15, 0.2) is 5.65 Å². The summed E-state index contributed by atoms with van der Waals surface area (Å²) in [5.41, 5.74) is 4.43. The summed E-state index contributed by atoms with van der Waals surface area (Å²) in [6.07, 6.45) is 7.29. The van der Waals surface area contributed by atoms with Crippen LogP contribution in [0.2, 0.25) is 0 Å². The molecule has 4 heterocycles. The Morgan fingerprint density at radius 1 is 1.15 bits per heavy atom. The minimum absolute atomic E-state index is 0.232. The maximum atomic E-state index is 12.3. The molecule has 176 valence electrons. The number of nitrogens with one attached hydrogen (secondary N) is 1. The van der Waals surface area contributed by atoms with Gasteiger partial charge in [0.25, 0.3) is 0 Å². The van der Waals surface area contributed by atoms with E-state index >= 15 is 0 Å². The number of aromatic amines is 1. The van der Waals surface area contributed by atoms with Gasteiger partial charge in [0.2, 0.25) is 0 Å². The van der Waals surface area contributed by atoms with Crippen molar-refractivity contribution < 1.29 is 9.53 Å². The number of H-pyrrole nitrogens is 1. The number of pyridine rings is 1. The highest BCUT2D eigenvalue weighted by molar-refractivity contribution is 5.76. The molecule has 0 unspecified atom stereocenters. The molecule has 4 aromatic rings. The Labute approximate surface area is 199 Å². The maximum absolute atomic E-state index is 12.3. The van der Waals surface area contributed by atoms with Crippen LogP contribution in [0.15, 0.2) is 55.0 Å². The summed E-state index contributed by atoms with van der Waals surface area (Å²) in [6.45, 7) is 7.76. The highest BCUT2D eigenvalue weighted by atomic mass is 16.6. The van der Waals surface area contributed by atoms with Crippen molar-refractivity contribution >= 4 is 17.3 Å². The molecule has 0 bridgehead atoms. The van der Waals surface area contributed by atoms with E-state index in [0.717, 1.165) is 41.0 Å². The van der Waals surface area contributed by atoms with Gasteiger partial charge in [0.1, 0.15) is 16.9 Å². The van der Waals surface area contributed by atoms with E-state index in [1.807, 2.05) is 62.2 Å². The summed E-state index contributed by atoms with van der Waals surface area (Å²) in [5.74, 6) is 1.11. The minimum atomic E-state index is -0.474. The molecule has 1 saturated heterocycles. The topological polar surface area (TPSA) is 88.9 Å². The first kappa shape index (κ1) is 22.1. The van der Waals surface area contributed by atoms with Gasteiger partial charge < -0.3 is 14.6 Å². The number of hydrogen-bond acceptors (Lipinski definition) is 5. The molecule has 1 aliphatic rings. The van der Waals surface area contributed by atoms with Crippen molar-refractivity contribution in [1.82, 2.24) is 29.6 Å².